The summed E-state index contributed by atoms with van der Waals surface area (Å²) in [6, 6.07) is 4.84. The van der Waals surface area contributed by atoms with E-state index in [2.05, 4.69) is 9.97 Å². The van der Waals surface area contributed by atoms with Crippen LogP contribution in [-0.2, 0) is 46.3 Å². The van der Waals surface area contributed by atoms with E-state index in [1.165, 1.54) is 72.7 Å². The van der Waals surface area contributed by atoms with E-state index < -0.39 is 26.9 Å². The third kappa shape index (κ3) is 17.1. The van der Waals surface area contributed by atoms with Gasteiger partial charge in [0.2, 0.25) is 0 Å². The van der Waals surface area contributed by atoms with Crippen molar-refractivity contribution in [2.45, 2.75) is 51.7 Å². The molecule has 4 N–H and O–H groups in total. The molecule has 0 atom stereocenters. The van der Waals surface area contributed by atoms with Gasteiger partial charge in [0.25, 0.3) is 5.69 Å². The van der Waals surface area contributed by atoms with Gasteiger partial charge in [-0.15, -0.1) is 0 Å². The number of nitro groups is 3. The molecule has 1 saturated heterocycles. The quantitative estimate of drug-likeness (QED) is 0.0706. The number of non-ortho nitro benzene ring substituents is 1. The molecule has 0 unspecified atom stereocenters. The fourth-order valence-electron chi connectivity index (χ4n) is 3.58. The molecule has 51 heavy (non-hydrogen) atoms. The van der Waals surface area contributed by atoms with Crippen molar-refractivity contribution in [2.75, 3.05) is 33.0 Å². The van der Waals surface area contributed by atoms with Crippen molar-refractivity contribution in [1.82, 2.24) is 19.1 Å². The number of aliphatic hydroxyl groups excluding tert-OH is 2. The molecule has 1 aromatic carbocycles. The Morgan fingerprint density at radius 1 is 0.824 bits per heavy atom. The molecule has 1 aliphatic rings. The SMILES string of the molecule is C1CCOC1.Cn1c(COC(=O)CCCCO)cnc1[N+](=O)[O-].Cn1c(COC(=O)Oc2ccc([N+](=O)[O-])cc2)cnc1[N+](=O)[O-].NCCCO. The number of nitrogens with zero attached hydrogens (tertiary/aromatic N) is 7. The number of unbranched alkanes of at least 4 members (excludes halogenated alkanes) is 1. The highest BCUT2D eigenvalue weighted by molar-refractivity contribution is 5.69. The van der Waals surface area contributed by atoms with Crippen LogP contribution in [0.15, 0.2) is 36.7 Å². The number of nitrogens with two attached hydrogens (primary N) is 1. The van der Waals surface area contributed by atoms with Crippen LogP contribution in [0.3, 0.4) is 0 Å². The first-order valence-electron chi connectivity index (χ1n) is 15.4. The zero-order valence-electron chi connectivity index (χ0n) is 28.2. The van der Waals surface area contributed by atoms with Gasteiger partial charge in [0.05, 0.1) is 19.0 Å². The van der Waals surface area contributed by atoms with Crippen molar-refractivity contribution in [3.63, 3.8) is 0 Å². The zero-order chi connectivity index (χ0) is 38.2. The second-order valence-electron chi connectivity index (χ2n) is 10.1. The van der Waals surface area contributed by atoms with Crippen molar-refractivity contribution in [3.8, 4) is 5.75 Å². The number of imidazole rings is 2. The van der Waals surface area contributed by atoms with Gasteiger partial charge < -0.3 is 55.1 Å². The van der Waals surface area contributed by atoms with Crippen molar-refractivity contribution >= 4 is 29.7 Å². The molecule has 0 aliphatic carbocycles. The lowest BCUT2D eigenvalue weighted by molar-refractivity contribution is -0.396. The predicted octanol–water partition coefficient (Wildman–Crippen LogP) is 2.61. The van der Waals surface area contributed by atoms with Crippen LogP contribution in [0.1, 0.15) is 49.9 Å². The molecule has 1 fully saturated rings. The smallest absolute Gasteiger partial charge is 0.458 e. The number of esters is 1. The molecule has 22 heteroatoms. The average Bonchev–Trinajstić information content (AvgIpc) is 3.87. The van der Waals surface area contributed by atoms with E-state index in [9.17, 15) is 39.9 Å². The second-order valence-corrected chi connectivity index (χ2v) is 10.1. The van der Waals surface area contributed by atoms with Gasteiger partial charge in [-0.2, -0.15) is 0 Å². The molecular weight excluding hydrogens is 684 g/mol. The number of carbonyl (C=O) groups excluding carboxylic acids is 2. The molecule has 0 saturated carbocycles. The first-order chi connectivity index (χ1) is 24.4. The highest BCUT2D eigenvalue weighted by atomic mass is 16.7. The minimum atomic E-state index is -1.05. The Bertz CT molecular complexity index is 1510. The molecule has 282 valence electrons. The molecule has 0 amide bonds. The van der Waals surface area contributed by atoms with Gasteiger partial charge >= 0.3 is 24.0 Å². The molecule has 0 spiro atoms. The highest BCUT2D eigenvalue weighted by Crippen LogP contribution is 2.18. The summed E-state index contributed by atoms with van der Waals surface area (Å²) in [5.41, 5.74) is 5.59. The standard InChI is InChI=1S/C12H10N4O7.C10H15N3O5.C4H8O.C3H9NO/c1-14-9(6-13-11(14)16(20)21)7-22-12(17)23-10-4-2-8(3-5-10)15(18)19;1-12-8(6-11-10(12)13(16)17)7-18-9(15)4-2-3-5-14;1-2-4-5-3-1;4-2-1-3-5/h2-6H,7H2,1H3;6,14H,2-5,7H2,1H3;1-4H2;5H,1-4H2. The summed E-state index contributed by atoms with van der Waals surface area (Å²) in [7, 11) is 2.89. The van der Waals surface area contributed by atoms with Crippen LogP contribution in [0.4, 0.5) is 22.4 Å². The Hall–Kier alpha value is -5.58. The van der Waals surface area contributed by atoms with Gasteiger partial charge in [0.1, 0.15) is 24.8 Å². The van der Waals surface area contributed by atoms with Crippen molar-refractivity contribution < 1.29 is 53.5 Å². The number of ether oxygens (including phenoxy) is 4. The van der Waals surface area contributed by atoms with Crippen molar-refractivity contribution in [2.24, 2.45) is 19.8 Å². The van der Waals surface area contributed by atoms with E-state index in [1.54, 1.807) is 0 Å². The van der Waals surface area contributed by atoms with Gasteiger partial charge in [0.15, 0.2) is 18.0 Å². The minimum absolute atomic E-state index is 0.0429. The average molecular weight is 727 g/mol. The van der Waals surface area contributed by atoms with Gasteiger partial charge in [-0.25, -0.2) is 13.9 Å². The second kappa shape index (κ2) is 24.5. The van der Waals surface area contributed by atoms with E-state index >= 15 is 0 Å². The Kier molecular flexibility index (Phi) is 20.9. The predicted molar refractivity (Wildman–Crippen MR) is 175 cm³/mol. The maximum Gasteiger partial charge on any atom is 0.514 e. The summed E-state index contributed by atoms with van der Waals surface area (Å²) in [6.07, 6.45) is 6.06. The van der Waals surface area contributed by atoms with Crippen LogP contribution in [-0.4, -0.2) is 89.2 Å². The third-order valence-corrected chi connectivity index (χ3v) is 6.39. The van der Waals surface area contributed by atoms with E-state index in [-0.39, 0.29) is 56.2 Å². The molecule has 3 aromatic rings. The van der Waals surface area contributed by atoms with Crippen molar-refractivity contribution in [1.29, 1.82) is 0 Å². The number of rotatable bonds is 14. The number of carbonyl (C=O) groups is 2. The lowest BCUT2D eigenvalue weighted by atomic mass is 10.2. The normalized spacial score (nSPS) is 11.4. The number of benzene rings is 1. The van der Waals surface area contributed by atoms with Crippen LogP contribution in [0.5, 0.6) is 5.75 Å². The number of aliphatic hydroxyl groups is 2. The fourth-order valence-corrected chi connectivity index (χ4v) is 3.58. The van der Waals surface area contributed by atoms with Gasteiger partial charge in [0, 0.05) is 45.0 Å². The zero-order valence-corrected chi connectivity index (χ0v) is 28.2. The summed E-state index contributed by atoms with van der Waals surface area (Å²) >= 11 is 0. The maximum absolute atomic E-state index is 11.5. The number of aromatic nitrogens is 4. The van der Waals surface area contributed by atoms with E-state index in [0.717, 1.165) is 19.6 Å². The van der Waals surface area contributed by atoms with Crippen LogP contribution in [0.2, 0.25) is 0 Å². The van der Waals surface area contributed by atoms with E-state index in [1.807, 2.05) is 0 Å². The molecule has 0 bridgehead atoms. The fraction of sp³-hybridized carbons (Fsp3) is 0.517. The monoisotopic (exact) mass is 726 g/mol. The first-order valence-corrected chi connectivity index (χ1v) is 15.4. The molecule has 1 aliphatic heterocycles. The topological polar surface area (TPSA) is 303 Å². The largest absolute Gasteiger partial charge is 0.514 e. The van der Waals surface area contributed by atoms with Crippen LogP contribution in [0.25, 0.3) is 0 Å². The van der Waals surface area contributed by atoms with Crippen LogP contribution >= 0.6 is 0 Å². The number of hydrogen-bond donors (Lipinski definition) is 3. The summed E-state index contributed by atoms with van der Waals surface area (Å²) in [5, 5.41) is 48.2. The van der Waals surface area contributed by atoms with Gasteiger partial charge in [-0.3, -0.25) is 14.9 Å². The summed E-state index contributed by atoms with van der Waals surface area (Å²) in [4.78, 5) is 59.8. The molecule has 0 radical (unpaired) electrons. The van der Waals surface area contributed by atoms with E-state index in [0.29, 0.717) is 30.8 Å². The Balaban J connectivity index is 0.000000408. The van der Waals surface area contributed by atoms with Crippen molar-refractivity contribution in [3.05, 3.63) is 78.4 Å². The first kappa shape index (κ1) is 43.4. The molecule has 4 rings (SSSR count). The number of hydrogen-bond acceptors (Lipinski definition) is 17. The highest BCUT2D eigenvalue weighted by Gasteiger charge is 2.20. The molecule has 3 heterocycles. The molecule has 2 aromatic heterocycles. The summed E-state index contributed by atoms with van der Waals surface area (Å²) in [6.45, 7) is 2.53. The Morgan fingerprint density at radius 3 is 1.71 bits per heavy atom. The third-order valence-electron chi connectivity index (χ3n) is 6.39. The Morgan fingerprint density at radius 2 is 1.33 bits per heavy atom. The van der Waals surface area contributed by atoms with Gasteiger partial charge in [-0.05, 0) is 60.6 Å². The summed E-state index contributed by atoms with van der Waals surface area (Å²) < 4.78 is 21.9. The minimum Gasteiger partial charge on any atom is -0.458 e. The van der Waals surface area contributed by atoms with E-state index in [4.69, 9.17) is 34.9 Å². The molecule has 22 nitrogen and oxygen atoms in total. The molecular formula is C29H42N8O14. The maximum atomic E-state index is 11.5. The van der Waals surface area contributed by atoms with Gasteiger partial charge in [-0.1, -0.05) is 9.97 Å². The van der Waals surface area contributed by atoms with Crippen LogP contribution < -0.4 is 10.5 Å². The van der Waals surface area contributed by atoms with Crippen LogP contribution in [0, 0.1) is 30.3 Å². The lowest BCUT2D eigenvalue weighted by Gasteiger charge is -2.05. The summed E-state index contributed by atoms with van der Waals surface area (Å²) in [5.74, 6) is -1.00. The Labute approximate surface area is 291 Å². The number of nitro benzene ring substituents is 1. The lowest BCUT2D eigenvalue weighted by Crippen LogP contribution is -2.12.